The lowest BCUT2D eigenvalue weighted by atomic mass is 9.65. The summed E-state index contributed by atoms with van der Waals surface area (Å²) >= 11 is 0. The minimum atomic E-state index is 0.258. The number of amides is 1. The number of rotatable bonds is 4. The van der Waals surface area contributed by atoms with Crippen LogP contribution in [-0.4, -0.2) is 59.5 Å². The average Bonchev–Trinajstić information content (AvgIpc) is 3.02. The molecule has 1 aromatic rings. The number of hydrogen-bond acceptors (Lipinski definition) is 3. The van der Waals surface area contributed by atoms with E-state index in [1.54, 1.807) is 0 Å². The molecule has 152 valence electrons. The van der Waals surface area contributed by atoms with Gasteiger partial charge in [-0.3, -0.25) is 9.69 Å². The quantitative estimate of drug-likeness (QED) is 0.870. The zero-order chi connectivity index (χ0) is 19.1. The molecule has 28 heavy (non-hydrogen) atoms. The molecule has 0 aromatic heterocycles. The van der Waals surface area contributed by atoms with Crippen LogP contribution in [0.15, 0.2) is 30.3 Å². The van der Waals surface area contributed by atoms with E-state index in [9.17, 15) is 4.79 Å². The van der Waals surface area contributed by atoms with E-state index in [-0.39, 0.29) is 5.41 Å². The third-order valence-electron chi connectivity index (χ3n) is 8.14. The van der Waals surface area contributed by atoms with Crippen molar-refractivity contribution in [1.82, 2.24) is 15.1 Å². The highest BCUT2D eigenvalue weighted by atomic mass is 16.2. The molecule has 4 aliphatic rings. The maximum absolute atomic E-state index is 13.6. The van der Waals surface area contributed by atoms with E-state index < -0.39 is 0 Å². The summed E-state index contributed by atoms with van der Waals surface area (Å²) in [6.45, 7) is 5.28. The van der Waals surface area contributed by atoms with Crippen LogP contribution >= 0.6 is 0 Å². The van der Waals surface area contributed by atoms with Gasteiger partial charge in [0.2, 0.25) is 5.91 Å². The van der Waals surface area contributed by atoms with Crippen LogP contribution in [0.5, 0.6) is 0 Å². The topological polar surface area (TPSA) is 35.6 Å². The molecule has 0 spiro atoms. The van der Waals surface area contributed by atoms with Crippen LogP contribution in [0.4, 0.5) is 0 Å². The van der Waals surface area contributed by atoms with Crippen molar-refractivity contribution in [1.29, 1.82) is 0 Å². The maximum Gasteiger partial charge on any atom is 0.237 e. The molecule has 5 rings (SSSR count). The summed E-state index contributed by atoms with van der Waals surface area (Å²) < 4.78 is 0. The first-order valence-electron chi connectivity index (χ1n) is 11.5. The van der Waals surface area contributed by atoms with E-state index in [1.807, 2.05) is 0 Å². The van der Waals surface area contributed by atoms with Gasteiger partial charge < -0.3 is 10.2 Å². The van der Waals surface area contributed by atoms with E-state index in [0.29, 0.717) is 36.6 Å². The van der Waals surface area contributed by atoms with Crippen LogP contribution < -0.4 is 5.32 Å². The van der Waals surface area contributed by atoms with E-state index in [2.05, 4.69) is 52.4 Å². The molecule has 4 nitrogen and oxygen atoms in total. The van der Waals surface area contributed by atoms with E-state index in [0.717, 1.165) is 19.5 Å². The molecule has 3 aliphatic heterocycles. The molecule has 4 fully saturated rings. The first-order chi connectivity index (χ1) is 13.6. The molecule has 0 radical (unpaired) electrons. The predicted octanol–water partition coefficient (Wildman–Crippen LogP) is 3.22. The Morgan fingerprint density at radius 2 is 1.89 bits per heavy atom. The minimum Gasteiger partial charge on any atom is -0.333 e. The van der Waals surface area contributed by atoms with Crippen LogP contribution in [0.25, 0.3) is 0 Å². The summed E-state index contributed by atoms with van der Waals surface area (Å²) in [7, 11) is 0. The van der Waals surface area contributed by atoms with Gasteiger partial charge in [-0.15, -0.1) is 0 Å². The third kappa shape index (κ3) is 3.19. The van der Waals surface area contributed by atoms with Crippen molar-refractivity contribution in [2.24, 2.45) is 5.41 Å². The Bertz CT molecular complexity index is 701. The molecule has 1 amide bonds. The Morgan fingerprint density at radius 1 is 1.11 bits per heavy atom. The number of carbonyl (C=O) groups is 1. The van der Waals surface area contributed by atoms with Gasteiger partial charge in [0.1, 0.15) is 0 Å². The number of carbonyl (C=O) groups excluding carboxylic acids is 1. The molecule has 1 N–H and O–H groups in total. The average molecular weight is 382 g/mol. The van der Waals surface area contributed by atoms with Crippen molar-refractivity contribution in [3.05, 3.63) is 35.9 Å². The number of likely N-dealkylation sites (tertiary alicyclic amines) is 2. The van der Waals surface area contributed by atoms with Crippen LogP contribution in [-0.2, 0) is 11.2 Å². The highest BCUT2D eigenvalue weighted by Gasteiger charge is 2.60. The van der Waals surface area contributed by atoms with Gasteiger partial charge in [0.05, 0.1) is 6.54 Å². The number of nitrogens with zero attached hydrogens (tertiary/aromatic N) is 2. The largest absolute Gasteiger partial charge is 0.333 e. The van der Waals surface area contributed by atoms with Gasteiger partial charge in [0.25, 0.3) is 0 Å². The predicted molar refractivity (Wildman–Crippen MR) is 112 cm³/mol. The molecule has 3 heterocycles. The Balaban J connectivity index is 1.39. The number of fused-ring (bicyclic) bond motifs is 1. The SMILES string of the molecule is C[C@@]12C[C@H]3[C@H](Cc4ccccc4)N[C@@H]1CCC[C@@H]2N3C(=O)CN1CCCCC1. The Kier molecular flexibility index (Phi) is 4.96. The Labute approximate surface area is 169 Å². The smallest absolute Gasteiger partial charge is 0.237 e. The van der Waals surface area contributed by atoms with Crippen molar-refractivity contribution in [3.63, 3.8) is 0 Å². The summed E-state index contributed by atoms with van der Waals surface area (Å²) in [6, 6.07) is 12.5. The lowest BCUT2D eigenvalue weighted by Gasteiger charge is -2.46. The van der Waals surface area contributed by atoms with Crippen LogP contribution in [0.1, 0.15) is 57.4 Å². The molecular formula is C24H35N3O. The maximum atomic E-state index is 13.6. The lowest BCUT2D eigenvalue weighted by molar-refractivity contribution is -0.136. The first kappa shape index (κ1) is 18.6. The number of hydrogen-bond donors (Lipinski definition) is 1. The fourth-order valence-electron chi connectivity index (χ4n) is 6.71. The van der Waals surface area contributed by atoms with Gasteiger partial charge >= 0.3 is 0 Å². The van der Waals surface area contributed by atoms with E-state index in [1.165, 1.54) is 50.5 Å². The molecule has 4 heteroatoms. The molecule has 1 aromatic carbocycles. The van der Waals surface area contributed by atoms with Gasteiger partial charge in [0.15, 0.2) is 0 Å². The van der Waals surface area contributed by atoms with Crippen molar-refractivity contribution in [2.45, 2.75) is 82.5 Å². The molecule has 1 aliphatic carbocycles. The standard InChI is InChI=1S/C24H35N3O/c1-24-16-20-19(15-18-9-4-2-5-10-18)25-21(24)11-8-12-22(24)27(20)23(28)17-26-13-6-3-7-14-26/h2,4-5,9-10,19-22,25H,3,6-8,11-17H2,1H3/t19-,20-,21+,22-,24+/m0/s1. The van der Waals surface area contributed by atoms with Gasteiger partial charge in [-0.1, -0.05) is 43.7 Å². The second-order valence-electron chi connectivity index (χ2n) is 9.88. The molecule has 0 unspecified atom stereocenters. The fourth-order valence-corrected chi connectivity index (χ4v) is 6.71. The fraction of sp³-hybridized carbons (Fsp3) is 0.708. The summed E-state index contributed by atoms with van der Waals surface area (Å²) in [4.78, 5) is 18.3. The summed E-state index contributed by atoms with van der Waals surface area (Å²) in [5.41, 5.74) is 1.64. The second-order valence-corrected chi connectivity index (χ2v) is 9.88. The highest BCUT2D eigenvalue weighted by Crippen LogP contribution is 2.53. The van der Waals surface area contributed by atoms with Gasteiger partial charge in [-0.2, -0.15) is 0 Å². The molecule has 5 atom stereocenters. The summed E-state index contributed by atoms with van der Waals surface area (Å²) in [6.07, 6.45) is 9.72. The van der Waals surface area contributed by atoms with Crippen LogP contribution in [0.3, 0.4) is 0 Å². The first-order valence-corrected chi connectivity index (χ1v) is 11.5. The van der Waals surface area contributed by atoms with E-state index in [4.69, 9.17) is 0 Å². The van der Waals surface area contributed by atoms with Gasteiger partial charge in [-0.05, 0) is 63.6 Å². The second kappa shape index (κ2) is 7.46. The third-order valence-corrected chi connectivity index (χ3v) is 8.14. The van der Waals surface area contributed by atoms with Gasteiger partial charge in [0, 0.05) is 29.6 Å². The van der Waals surface area contributed by atoms with Crippen molar-refractivity contribution >= 4 is 5.91 Å². The van der Waals surface area contributed by atoms with Crippen molar-refractivity contribution in [2.75, 3.05) is 19.6 Å². The minimum absolute atomic E-state index is 0.258. The molecule has 3 saturated heterocycles. The van der Waals surface area contributed by atoms with Crippen molar-refractivity contribution < 1.29 is 4.79 Å². The van der Waals surface area contributed by atoms with Crippen molar-refractivity contribution in [3.8, 4) is 0 Å². The number of benzene rings is 1. The molecule has 1 saturated carbocycles. The Hall–Kier alpha value is -1.39. The summed E-state index contributed by atoms with van der Waals surface area (Å²) in [5.74, 6) is 0.392. The summed E-state index contributed by atoms with van der Waals surface area (Å²) in [5, 5.41) is 4.02. The zero-order valence-corrected chi connectivity index (χ0v) is 17.3. The normalized spacial score (nSPS) is 37.8. The Morgan fingerprint density at radius 3 is 2.68 bits per heavy atom. The lowest BCUT2D eigenvalue weighted by Crippen LogP contribution is -2.58. The van der Waals surface area contributed by atoms with Crippen LogP contribution in [0.2, 0.25) is 0 Å². The molecule has 2 bridgehead atoms. The van der Waals surface area contributed by atoms with Gasteiger partial charge in [-0.25, -0.2) is 0 Å². The zero-order valence-electron chi connectivity index (χ0n) is 17.3. The highest BCUT2D eigenvalue weighted by molar-refractivity contribution is 5.80. The molecular weight excluding hydrogens is 346 g/mol. The van der Waals surface area contributed by atoms with Crippen LogP contribution in [0, 0.1) is 5.41 Å². The monoisotopic (exact) mass is 381 g/mol. The number of nitrogens with one attached hydrogen (secondary N) is 1. The van der Waals surface area contributed by atoms with E-state index >= 15 is 0 Å². The number of piperidine rings is 2.